The lowest BCUT2D eigenvalue weighted by Gasteiger charge is -2.23. The van der Waals surface area contributed by atoms with E-state index in [1.165, 1.54) is 37.1 Å². The average molecular weight is 1580 g/mol. The Morgan fingerprint density at radius 1 is 0.496 bits per heavy atom. The third kappa shape index (κ3) is 14.7. The molecule has 5 aliphatic heterocycles. The number of imidazole rings is 4. The van der Waals surface area contributed by atoms with Gasteiger partial charge in [-0.05, 0) is 118 Å². The SMILES string of the molecule is C#Cc1cn2c(NCc3c(F)ccc4c3CCO4)ncc(C3CCOCC3)c2n1.Cc1cn2c(NCc3c(F)ccc4c3CCO4)ncc(-c3cc(C4CC4)nn3C)c2n1.Cc1cn2c(NCc3c(F)ccc4c3CCO4)ncc(-c3cnnn3C)c2n1.[C-]#[N+]c1cn2c(NCc3c(F)ccc4c3CCO4)ncc(-c3cccnn3)c2n1. The number of ether oxygens (including phenoxy) is 5. The van der Waals surface area contributed by atoms with Crippen LogP contribution in [0.4, 0.5) is 47.2 Å². The predicted octanol–water partition coefficient (Wildman–Crippen LogP) is 13.2. The molecule has 117 heavy (non-hydrogen) atoms. The summed E-state index contributed by atoms with van der Waals surface area (Å²) in [6, 6.07) is 18.2. The minimum atomic E-state index is -0.290. The Morgan fingerprint density at radius 2 is 0.957 bits per heavy atom. The number of fused-ring (bicyclic) bond motifs is 8. The Bertz CT molecular complexity index is 6430. The van der Waals surface area contributed by atoms with Gasteiger partial charge in [0.25, 0.3) is 5.82 Å². The normalized spacial score (nSPS) is 14.3. The van der Waals surface area contributed by atoms with Gasteiger partial charge in [-0.1, -0.05) is 16.8 Å². The Kier molecular flexibility index (Phi) is 20.2. The number of aryl methyl sites for hydroxylation is 4. The molecular formula is C84H76F4N24O5. The van der Waals surface area contributed by atoms with E-state index >= 15 is 0 Å². The van der Waals surface area contributed by atoms with Gasteiger partial charge in [0.15, 0.2) is 11.3 Å². The van der Waals surface area contributed by atoms with Crippen LogP contribution in [-0.2, 0) is 70.7 Å². The van der Waals surface area contributed by atoms with E-state index in [9.17, 15) is 17.6 Å². The number of aromatic nitrogens is 19. The van der Waals surface area contributed by atoms with Crippen LogP contribution < -0.4 is 40.2 Å². The number of anilines is 4. The van der Waals surface area contributed by atoms with E-state index < -0.39 is 0 Å². The van der Waals surface area contributed by atoms with Crippen molar-refractivity contribution in [3.63, 3.8) is 0 Å². The molecule has 33 heteroatoms. The number of terminal acetylenes is 1. The third-order valence-corrected chi connectivity index (χ3v) is 21.6. The smallest absolute Gasteiger partial charge is 0.288 e. The number of benzene rings is 4. The van der Waals surface area contributed by atoms with Crippen LogP contribution in [0, 0.1) is 56.0 Å². The van der Waals surface area contributed by atoms with Crippen LogP contribution in [0.2, 0.25) is 0 Å². The number of halogens is 4. The highest BCUT2D eigenvalue weighted by Gasteiger charge is 2.31. The highest BCUT2D eigenvalue weighted by Crippen LogP contribution is 2.42. The molecule has 590 valence electrons. The predicted molar refractivity (Wildman–Crippen MR) is 425 cm³/mol. The average Bonchev–Trinajstić information content (AvgIpc) is 1.63. The van der Waals surface area contributed by atoms with E-state index in [2.05, 4.69) is 98.6 Å². The van der Waals surface area contributed by atoms with Crippen molar-refractivity contribution in [1.29, 1.82) is 0 Å². The topological polar surface area (TPSA) is 294 Å². The molecule has 1 saturated heterocycles. The summed E-state index contributed by atoms with van der Waals surface area (Å²) >= 11 is 0. The van der Waals surface area contributed by atoms with Crippen LogP contribution in [0.1, 0.15) is 110 Å². The molecule has 0 amide bonds. The molecule has 1 saturated carbocycles. The van der Waals surface area contributed by atoms with Gasteiger partial charge in [0.1, 0.15) is 63.3 Å². The molecule has 16 heterocycles. The van der Waals surface area contributed by atoms with Crippen LogP contribution in [0.25, 0.3) is 61.2 Å². The molecule has 6 aliphatic rings. The van der Waals surface area contributed by atoms with Crippen LogP contribution in [0.15, 0.2) is 129 Å². The fourth-order valence-corrected chi connectivity index (χ4v) is 15.6. The summed E-state index contributed by atoms with van der Waals surface area (Å²) in [6.07, 6.45) is 30.2. The molecular weight excluding hydrogens is 1500 g/mol. The van der Waals surface area contributed by atoms with Crippen molar-refractivity contribution < 1.29 is 41.2 Å². The zero-order valence-corrected chi connectivity index (χ0v) is 64.1. The first-order valence-corrected chi connectivity index (χ1v) is 38.4. The van der Waals surface area contributed by atoms with Crippen molar-refractivity contribution in [2.45, 2.75) is 103 Å². The van der Waals surface area contributed by atoms with Gasteiger partial charge in [-0.15, -0.1) is 11.5 Å². The number of nitrogens with zero attached hydrogens (tertiary/aromatic N) is 20. The van der Waals surface area contributed by atoms with E-state index in [0.29, 0.717) is 146 Å². The van der Waals surface area contributed by atoms with Crippen molar-refractivity contribution in [2.75, 3.05) is 60.9 Å². The van der Waals surface area contributed by atoms with E-state index in [-0.39, 0.29) is 35.6 Å². The Hall–Kier alpha value is -14.1. The van der Waals surface area contributed by atoms with Crippen LogP contribution in [0.3, 0.4) is 0 Å². The molecule has 21 rings (SSSR count). The lowest BCUT2D eigenvalue weighted by Crippen LogP contribution is -2.16. The maximum Gasteiger partial charge on any atom is 0.288 e. The van der Waals surface area contributed by atoms with E-state index in [1.807, 2.05) is 70.6 Å². The van der Waals surface area contributed by atoms with Crippen molar-refractivity contribution in [1.82, 2.24) is 92.4 Å². The fourth-order valence-electron chi connectivity index (χ4n) is 15.6. The lowest BCUT2D eigenvalue weighted by molar-refractivity contribution is 0.0854. The van der Waals surface area contributed by atoms with Crippen molar-refractivity contribution in [3.8, 4) is 69.1 Å². The number of rotatable bonds is 17. The van der Waals surface area contributed by atoms with Crippen LogP contribution >= 0.6 is 0 Å². The van der Waals surface area contributed by atoms with Crippen molar-refractivity contribution >= 4 is 52.2 Å². The lowest BCUT2D eigenvalue weighted by atomic mass is 9.93. The zero-order valence-electron chi connectivity index (χ0n) is 64.1. The van der Waals surface area contributed by atoms with E-state index in [4.69, 9.17) is 41.7 Å². The monoisotopic (exact) mass is 1580 g/mol. The summed E-state index contributed by atoms with van der Waals surface area (Å²) in [6.45, 7) is 16.1. The first kappa shape index (κ1) is 74.3. The van der Waals surface area contributed by atoms with Gasteiger partial charge in [0.05, 0.1) is 77.8 Å². The second-order valence-corrected chi connectivity index (χ2v) is 29.0. The molecule has 15 aromatic rings. The molecule has 0 radical (unpaired) electrons. The highest BCUT2D eigenvalue weighted by atomic mass is 19.1. The van der Waals surface area contributed by atoms with Crippen LogP contribution in [-0.4, -0.2) is 132 Å². The first-order chi connectivity index (χ1) is 57.2. The molecule has 2 fully saturated rings. The van der Waals surface area contributed by atoms with Crippen LogP contribution in [0.5, 0.6) is 23.0 Å². The quantitative estimate of drug-likeness (QED) is 0.0374. The van der Waals surface area contributed by atoms with E-state index in [0.717, 1.165) is 140 Å². The van der Waals surface area contributed by atoms with Gasteiger partial charge in [0, 0.05) is 191 Å². The van der Waals surface area contributed by atoms with E-state index in [1.54, 1.807) is 82.7 Å². The van der Waals surface area contributed by atoms with Gasteiger partial charge >= 0.3 is 0 Å². The standard InChI is InChI=1S/C23H23FN6O.C22H21FN4O2.C20H14FN7O.C19H18FN7O/c1-13-12-30-22(27-13)17(20-9-19(14-3-4-14)28-29(20)2)11-26-23(30)25-10-16-15-7-8-31-21(15)6-5-18(16)24;1-2-15-13-27-21(26-15)17(14-5-8-28-9-6-14)11-24-22(27)25-12-18-16-7-10-29-20(16)4-3-19(18)23;1-22-18-11-28-19(26-18)14(16-3-2-7-25-27-16)10-24-20(28)23-9-13-12-6-8-29-17(12)5-4-15(13)21;1-11-10-27-18(24-11)14(16-9-23-25-26(16)2)8-22-19(27)21-7-13-12-5-6-28-17(12)4-3-15(13)20/h5-6,9,11-12,14H,3-4,7-8,10H2,1-2H3,(H,25,26);1,3-4,11,13-14H,5-10,12H2,(H,24,25);2-5,7,10-11H,6,8-9H2,(H,23,24);3-4,8-10H,5-7H2,1-2H3,(H,21,22). The van der Waals surface area contributed by atoms with Gasteiger partial charge in [0.2, 0.25) is 29.4 Å². The van der Waals surface area contributed by atoms with Crippen molar-refractivity contribution in [2.24, 2.45) is 14.1 Å². The summed E-state index contributed by atoms with van der Waals surface area (Å²) in [4.78, 5) is 40.0. The minimum absolute atomic E-state index is 0.228. The molecule has 4 N–H and O–H groups in total. The first-order valence-electron chi connectivity index (χ1n) is 38.4. The van der Waals surface area contributed by atoms with Gasteiger partial charge in [-0.2, -0.15) is 15.3 Å². The second kappa shape index (κ2) is 31.7. The second-order valence-electron chi connectivity index (χ2n) is 29.0. The Morgan fingerprint density at radius 3 is 1.41 bits per heavy atom. The summed E-state index contributed by atoms with van der Waals surface area (Å²) in [5, 5.41) is 33.6. The molecule has 0 spiro atoms. The summed E-state index contributed by atoms with van der Waals surface area (Å²) < 4.78 is 96.4. The van der Waals surface area contributed by atoms with Gasteiger partial charge in [-0.3, -0.25) is 22.3 Å². The number of hydrogen-bond donors (Lipinski definition) is 4. The van der Waals surface area contributed by atoms with Gasteiger partial charge < -0.3 is 49.8 Å². The largest absolute Gasteiger partial charge is 0.493 e. The van der Waals surface area contributed by atoms with Crippen molar-refractivity contribution in [3.05, 3.63) is 236 Å². The molecule has 1 aliphatic carbocycles. The maximum atomic E-state index is 14.5. The number of nitrogens with one attached hydrogen (secondary N) is 4. The molecule has 0 atom stereocenters. The molecule has 11 aromatic heterocycles. The Balaban J connectivity index is 0.000000108. The minimum Gasteiger partial charge on any atom is -0.493 e. The summed E-state index contributed by atoms with van der Waals surface area (Å²) in [7, 11) is 3.78. The Labute approximate surface area is 666 Å². The third-order valence-electron chi connectivity index (χ3n) is 21.6. The summed E-state index contributed by atoms with van der Waals surface area (Å²) in [5.74, 6) is 8.00. The zero-order chi connectivity index (χ0) is 80.0. The fraction of sp³-hybridized carbons (Fsp3) is 0.286. The molecule has 4 aromatic carbocycles. The number of hydrogen-bond acceptors (Lipinski definition) is 22. The molecule has 0 bridgehead atoms. The molecule has 0 unspecified atom stereocenters. The molecule has 29 nitrogen and oxygen atoms in total. The van der Waals surface area contributed by atoms with Gasteiger partial charge in [-0.25, -0.2) is 57.1 Å². The highest BCUT2D eigenvalue weighted by molar-refractivity contribution is 5.79. The summed E-state index contributed by atoms with van der Waals surface area (Å²) in [5.41, 5.74) is 18.3. The maximum absolute atomic E-state index is 14.5.